The molecule has 2 bridgehead atoms. The Hall–Kier alpha value is -3.32. The van der Waals surface area contributed by atoms with Gasteiger partial charge >= 0.3 is 11.9 Å². The van der Waals surface area contributed by atoms with Crippen LogP contribution in [-0.4, -0.2) is 88.5 Å². The molecule has 5 heterocycles. The van der Waals surface area contributed by atoms with Crippen molar-refractivity contribution in [3.63, 3.8) is 0 Å². The van der Waals surface area contributed by atoms with Gasteiger partial charge in [-0.3, -0.25) is 9.59 Å². The predicted octanol–water partition coefficient (Wildman–Crippen LogP) is 4.81. The highest BCUT2D eigenvalue weighted by atomic mass is 16.7. The van der Waals surface area contributed by atoms with Crippen LogP contribution in [0.4, 0.5) is 0 Å². The summed E-state index contributed by atoms with van der Waals surface area (Å²) in [6.07, 6.45) is 11.3. The second-order valence-electron chi connectivity index (χ2n) is 15.1. The highest BCUT2D eigenvalue weighted by Crippen LogP contribution is 2.48. The van der Waals surface area contributed by atoms with Crippen molar-refractivity contribution in [1.82, 2.24) is 0 Å². The highest BCUT2D eigenvalue weighted by Gasteiger charge is 2.61. The van der Waals surface area contributed by atoms with Crippen LogP contribution in [0.15, 0.2) is 81.8 Å². The van der Waals surface area contributed by atoms with Crippen molar-refractivity contribution >= 4 is 11.9 Å². The van der Waals surface area contributed by atoms with Gasteiger partial charge < -0.3 is 43.4 Å². The van der Waals surface area contributed by atoms with Crippen LogP contribution < -0.4 is 0 Å². The lowest BCUT2D eigenvalue weighted by molar-refractivity contribution is -0.363. The van der Waals surface area contributed by atoms with Crippen LogP contribution >= 0.6 is 0 Å². The van der Waals surface area contributed by atoms with Crippen molar-refractivity contribution in [2.24, 2.45) is 17.8 Å². The molecule has 1 spiro atoms. The van der Waals surface area contributed by atoms with Gasteiger partial charge in [0.2, 0.25) is 0 Å². The maximum Gasteiger partial charge on any atom is 0.316 e. The summed E-state index contributed by atoms with van der Waals surface area (Å²) in [5.74, 6) is -3.78. The summed E-state index contributed by atoms with van der Waals surface area (Å²) in [5.41, 5.74) is 1.54. The number of aliphatic hydroxyl groups excluding tert-OH is 2. The van der Waals surface area contributed by atoms with Gasteiger partial charge in [-0.2, -0.15) is 0 Å². The maximum absolute atomic E-state index is 14.4. The summed E-state index contributed by atoms with van der Waals surface area (Å²) in [4.78, 5) is 27.0. The average Bonchev–Trinajstić information content (AvgIpc) is 3.72. The summed E-state index contributed by atoms with van der Waals surface area (Å²) >= 11 is 0. The molecular formula is C40H52O11. The zero-order valence-electron chi connectivity index (χ0n) is 30.2. The third kappa shape index (κ3) is 7.75. The molecule has 3 fully saturated rings. The van der Waals surface area contributed by atoms with E-state index in [1.807, 2.05) is 39.0 Å². The van der Waals surface area contributed by atoms with Gasteiger partial charge in [-0.05, 0) is 74.7 Å². The first-order chi connectivity index (χ1) is 24.3. The first-order valence-corrected chi connectivity index (χ1v) is 18.1. The zero-order valence-corrected chi connectivity index (χ0v) is 30.2. The molecule has 3 saturated heterocycles. The number of rotatable bonds is 5. The van der Waals surface area contributed by atoms with Gasteiger partial charge in [-0.1, -0.05) is 55.9 Å². The van der Waals surface area contributed by atoms with Gasteiger partial charge in [-0.25, -0.2) is 0 Å². The molecular weight excluding hydrogens is 656 g/mol. The van der Waals surface area contributed by atoms with E-state index in [2.05, 4.69) is 19.9 Å². The molecule has 0 saturated carbocycles. The van der Waals surface area contributed by atoms with Crippen LogP contribution in [0.3, 0.4) is 0 Å². The Bertz CT molecular complexity index is 1590. The van der Waals surface area contributed by atoms with Gasteiger partial charge in [0.15, 0.2) is 5.79 Å². The minimum absolute atomic E-state index is 0.0204. The van der Waals surface area contributed by atoms with Crippen molar-refractivity contribution < 1.29 is 53.0 Å². The molecule has 0 aromatic carbocycles. The molecule has 11 heteroatoms. The van der Waals surface area contributed by atoms with Gasteiger partial charge in [0, 0.05) is 18.4 Å². The maximum atomic E-state index is 14.4. The molecule has 6 rings (SSSR count). The first-order valence-electron chi connectivity index (χ1n) is 18.1. The summed E-state index contributed by atoms with van der Waals surface area (Å²) < 4.78 is 36.1. The Morgan fingerprint density at radius 2 is 1.96 bits per heavy atom. The quantitative estimate of drug-likeness (QED) is 0.285. The van der Waals surface area contributed by atoms with Crippen molar-refractivity contribution in [3.05, 3.63) is 82.9 Å². The molecule has 51 heavy (non-hydrogen) atoms. The van der Waals surface area contributed by atoms with Gasteiger partial charge in [0.25, 0.3) is 0 Å². The van der Waals surface area contributed by atoms with Crippen LogP contribution in [0.1, 0.15) is 72.3 Å². The predicted molar refractivity (Wildman–Crippen MR) is 186 cm³/mol. The largest absolute Gasteiger partial charge is 0.472 e. The molecule has 1 aliphatic carbocycles. The Morgan fingerprint density at radius 3 is 2.71 bits per heavy atom. The van der Waals surface area contributed by atoms with Crippen LogP contribution in [0.25, 0.3) is 0 Å². The Labute approximate surface area is 299 Å². The normalized spacial score (nSPS) is 41.7. The Morgan fingerprint density at radius 1 is 1.16 bits per heavy atom. The number of hydrogen-bond acceptors (Lipinski definition) is 11. The summed E-state index contributed by atoms with van der Waals surface area (Å²) in [6.45, 7) is 9.83. The number of allylic oxidation sites excluding steroid dienone is 5. The molecule has 0 radical (unpaired) electrons. The summed E-state index contributed by atoms with van der Waals surface area (Å²) in [7, 11) is 0. The summed E-state index contributed by atoms with van der Waals surface area (Å²) in [6, 6.07) is 1.66. The van der Waals surface area contributed by atoms with Crippen molar-refractivity contribution in [2.45, 2.75) is 121 Å². The van der Waals surface area contributed by atoms with Crippen LogP contribution in [0.2, 0.25) is 0 Å². The number of carbonyl (C=O) groups excluding carboxylic acids is 2. The van der Waals surface area contributed by atoms with Gasteiger partial charge in [-0.15, -0.1) is 0 Å². The van der Waals surface area contributed by atoms with Gasteiger partial charge in [0.05, 0.1) is 37.8 Å². The number of furan rings is 1. The second kappa shape index (κ2) is 15.3. The van der Waals surface area contributed by atoms with Crippen molar-refractivity contribution in [1.29, 1.82) is 0 Å². The van der Waals surface area contributed by atoms with Crippen LogP contribution in [0.5, 0.6) is 0 Å². The summed E-state index contributed by atoms with van der Waals surface area (Å²) in [5, 5.41) is 35.4. The van der Waals surface area contributed by atoms with E-state index in [0.717, 1.165) is 12.0 Å². The second-order valence-corrected chi connectivity index (χ2v) is 15.1. The molecule has 0 amide bonds. The fraction of sp³-hybridized carbons (Fsp3) is 0.600. The van der Waals surface area contributed by atoms with E-state index in [1.165, 1.54) is 24.2 Å². The fourth-order valence-corrected chi connectivity index (χ4v) is 8.24. The van der Waals surface area contributed by atoms with E-state index in [4.69, 9.17) is 28.1 Å². The monoisotopic (exact) mass is 708 g/mol. The highest BCUT2D eigenvalue weighted by molar-refractivity contribution is 5.79. The van der Waals surface area contributed by atoms with E-state index in [9.17, 15) is 24.9 Å². The topological polar surface area (TPSA) is 154 Å². The third-order valence-corrected chi connectivity index (χ3v) is 11.1. The average molecular weight is 709 g/mol. The molecule has 1 unspecified atom stereocenters. The fourth-order valence-electron chi connectivity index (χ4n) is 8.24. The zero-order chi connectivity index (χ0) is 36.5. The number of fused-ring (bicyclic) bond motifs is 2. The molecule has 11 atom stereocenters. The molecule has 4 aliphatic heterocycles. The van der Waals surface area contributed by atoms with Crippen LogP contribution in [-0.2, 0) is 39.7 Å². The minimum Gasteiger partial charge on any atom is -0.472 e. The van der Waals surface area contributed by atoms with E-state index < -0.39 is 59.8 Å². The first kappa shape index (κ1) is 37.4. The number of aliphatic hydroxyl groups is 3. The van der Waals surface area contributed by atoms with Crippen molar-refractivity contribution in [3.8, 4) is 0 Å². The van der Waals surface area contributed by atoms with Gasteiger partial charge in [0.1, 0.15) is 42.5 Å². The van der Waals surface area contributed by atoms with Crippen LogP contribution in [0, 0.1) is 17.8 Å². The van der Waals surface area contributed by atoms with E-state index in [1.54, 1.807) is 12.1 Å². The SMILES string of the molecule is C/C=C(\C)[C@H]1O[C@@]2(C[C@@H]3C[C@@H](C/C=C(\C)C[C@@H](C)/C=C/C=C4\COC5[C@H](O)C(COC(=O)Cc6ccoc6)=C[C@@H](C(=O)O3)[C@]45O)O2)[C@H](O)C[C@@H]1C. The molecule has 11 nitrogen and oxygen atoms in total. The molecule has 278 valence electrons. The molecule has 5 aliphatic rings. The third-order valence-electron chi connectivity index (χ3n) is 11.1. The minimum atomic E-state index is -1.94. The number of hydrogen-bond donors (Lipinski definition) is 3. The van der Waals surface area contributed by atoms with E-state index in [0.29, 0.717) is 30.4 Å². The number of esters is 2. The molecule has 1 aromatic rings. The lowest BCUT2D eigenvalue weighted by Crippen LogP contribution is -2.62. The standard InChI is InChI=1S/C40H52O11/c1-6-25(4)36-26(5)15-33(41)39(51-36)19-31-18-30(50-39)11-10-24(3)14-23(2)8-7-9-29-22-48-37-35(43)28(17-32(38(44)49-31)40(29,37)45)21-47-34(42)16-27-12-13-46-20-27/h6-10,12-13,17,20,23,26,30-33,35-37,41,43,45H,11,14-16,18-19,21-22H2,1-5H3/b8-7+,24-10+,25-6+,29-9+/t23-,26-,30+,31-,32-,33+,35+,36+,37?,39-,40+/m0/s1. The smallest absolute Gasteiger partial charge is 0.316 e. The Balaban J connectivity index is 1.34. The number of carbonyl (C=O) groups is 2. The lowest BCUT2D eigenvalue weighted by Gasteiger charge is -2.52. The van der Waals surface area contributed by atoms with E-state index >= 15 is 0 Å². The number of ether oxygens (including phenoxy) is 5. The molecule has 3 N–H and O–H groups in total. The molecule has 1 aromatic heterocycles. The van der Waals surface area contributed by atoms with E-state index in [-0.39, 0.29) is 49.6 Å². The van der Waals surface area contributed by atoms with Crippen molar-refractivity contribution in [2.75, 3.05) is 13.2 Å². The lowest BCUT2D eigenvalue weighted by atomic mass is 9.70. The Kier molecular flexibility index (Phi) is 11.3.